The summed E-state index contributed by atoms with van der Waals surface area (Å²) >= 11 is 0. The van der Waals surface area contributed by atoms with Crippen LogP contribution in [-0.2, 0) is 26.1 Å². The molecule has 6 heteroatoms. The molecule has 2 heterocycles. The summed E-state index contributed by atoms with van der Waals surface area (Å²) in [6.45, 7) is 6.18. The molecule has 1 N–H and O–H groups in total. The molecular weight excluding hydrogens is 350 g/mol. The van der Waals surface area contributed by atoms with Gasteiger partial charge in [-0.1, -0.05) is 48.0 Å². The predicted octanol–water partition coefficient (Wildman–Crippen LogP) is 2.57. The first kappa shape index (κ1) is 18.4. The van der Waals surface area contributed by atoms with Crippen molar-refractivity contribution < 1.29 is 4.79 Å². The normalized spacial score (nSPS) is 14.3. The molecule has 0 fully saturated rings. The van der Waals surface area contributed by atoms with Crippen molar-refractivity contribution in [2.24, 2.45) is 0 Å². The number of hydrogen-bond acceptors (Lipinski definition) is 4. The average Bonchev–Trinajstić information content (AvgIpc) is 3.01. The number of nitrogens with zero attached hydrogens (tertiary/aromatic N) is 4. The van der Waals surface area contributed by atoms with Crippen molar-refractivity contribution in [2.45, 2.75) is 33.0 Å². The van der Waals surface area contributed by atoms with E-state index >= 15 is 0 Å². The van der Waals surface area contributed by atoms with Crippen LogP contribution in [0.2, 0.25) is 0 Å². The summed E-state index contributed by atoms with van der Waals surface area (Å²) in [6.07, 6.45) is 0.867. The number of carbonyl (C=O) groups is 1. The van der Waals surface area contributed by atoms with E-state index in [1.807, 2.05) is 30.3 Å². The van der Waals surface area contributed by atoms with Crippen LogP contribution in [0.4, 0.5) is 0 Å². The minimum absolute atomic E-state index is 0.0902. The van der Waals surface area contributed by atoms with Crippen molar-refractivity contribution in [3.63, 3.8) is 0 Å². The zero-order chi connectivity index (χ0) is 19.3. The second-order valence-electron chi connectivity index (χ2n) is 7.24. The largest absolute Gasteiger partial charge is 0.345 e. The molecule has 0 radical (unpaired) electrons. The number of aryl methyl sites for hydroxylation is 1. The molecule has 0 spiro atoms. The predicted molar refractivity (Wildman–Crippen MR) is 108 cm³/mol. The lowest BCUT2D eigenvalue weighted by atomic mass is 10.1. The molecule has 0 bridgehead atoms. The van der Waals surface area contributed by atoms with Gasteiger partial charge in [-0.15, -0.1) is 10.2 Å². The van der Waals surface area contributed by atoms with E-state index in [2.05, 4.69) is 56.2 Å². The molecule has 0 unspecified atom stereocenters. The van der Waals surface area contributed by atoms with Crippen LogP contribution in [0.5, 0.6) is 0 Å². The summed E-state index contributed by atoms with van der Waals surface area (Å²) < 4.78 is 2.15. The third kappa shape index (κ3) is 4.28. The SMILES string of the molecule is Cc1ccc(CN2CCc3nnc(CNC(=O)c4ccccc4)n3CC2)cc1. The molecule has 4 rings (SSSR count). The van der Waals surface area contributed by atoms with Gasteiger partial charge < -0.3 is 9.88 Å². The molecule has 28 heavy (non-hydrogen) atoms. The van der Waals surface area contributed by atoms with Crippen molar-refractivity contribution >= 4 is 5.91 Å². The number of nitrogens with one attached hydrogen (secondary N) is 1. The van der Waals surface area contributed by atoms with Crippen molar-refractivity contribution in [1.82, 2.24) is 25.0 Å². The van der Waals surface area contributed by atoms with Gasteiger partial charge in [0.15, 0.2) is 5.82 Å². The van der Waals surface area contributed by atoms with E-state index < -0.39 is 0 Å². The summed E-state index contributed by atoms with van der Waals surface area (Å²) in [4.78, 5) is 14.7. The Morgan fingerprint density at radius 1 is 1.00 bits per heavy atom. The summed E-state index contributed by atoms with van der Waals surface area (Å²) in [7, 11) is 0. The highest BCUT2D eigenvalue weighted by atomic mass is 16.1. The summed E-state index contributed by atoms with van der Waals surface area (Å²) in [6, 6.07) is 18.0. The van der Waals surface area contributed by atoms with Crippen LogP contribution in [-0.4, -0.2) is 38.7 Å². The van der Waals surface area contributed by atoms with E-state index in [1.54, 1.807) is 0 Å². The summed E-state index contributed by atoms with van der Waals surface area (Å²) in [5, 5.41) is 11.6. The maximum absolute atomic E-state index is 12.3. The number of fused-ring (bicyclic) bond motifs is 1. The Bertz CT molecular complexity index is 933. The Morgan fingerprint density at radius 2 is 1.79 bits per heavy atom. The smallest absolute Gasteiger partial charge is 0.251 e. The van der Waals surface area contributed by atoms with Crippen LogP contribution in [0.1, 0.15) is 33.1 Å². The minimum Gasteiger partial charge on any atom is -0.345 e. The van der Waals surface area contributed by atoms with E-state index in [0.29, 0.717) is 12.1 Å². The number of rotatable bonds is 5. The lowest BCUT2D eigenvalue weighted by Gasteiger charge is -2.19. The van der Waals surface area contributed by atoms with Crippen molar-refractivity contribution in [1.29, 1.82) is 0 Å². The molecule has 1 amide bonds. The van der Waals surface area contributed by atoms with Crippen molar-refractivity contribution in [3.05, 3.63) is 82.9 Å². The fourth-order valence-electron chi connectivity index (χ4n) is 3.52. The minimum atomic E-state index is -0.0902. The van der Waals surface area contributed by atoms with Crippen molar-refractivity contribution in [3.8, 4) is 0 Å². The first-order chi connectivity index (χ1) is 13.7. The number of carbonyl (C=O) groups excluding carboxylic acids is 1. The van der Waals surface area contributed by atoms with Crippen LogP contribution >= 0.6 is 0 Å². The molecule has 0 atom stereocenters. The number of amides is 1. The molecule has 6 nitrogen and oxygen atoms in total. The second kappa shape index (κ2) is 8.35. The van der Waals surface area contributed by atoms with Gasteiger partial charge in [0.1, 0.15) is 5.82 Å². The Hall–Kier alpha value is -2.99. The zero-order valence-corrected chi connectivity index (χ0v) is 16.1. The average molecular weight is 375 g/mol. The molecule has 1 aromatic heterocycles. The highest BCUT2D eigenvalue weighted by molar-refractivity contribution is 5.93. The molecule has 0 saturated carbocycles. The molecule has 144 valence electrons. The molecule has 3 aromatic rings. The van der Waals surface area contributed by atoms with Crippen LogP contribution in [0.15, 0.2) is 54.6 Å². The molecule has 0 aliphatic carbocycles. The van der Waals surface area contributed by atoms with Gasteiger partial charge in [-0.05, 0) is 24.6 Å². The Morgan fingerprint density at radius 3 is 2.57 bits per heavy atom. The lowest BCUT2D eigenvalue weighted by molar-refractivity contribution is 0.0949. The van der Waals surface area contributed by atoms with Gasteiger partial charge in [-0.3, -0.25) is 9.69 Å². The Kier molecular flexibility index (Phi) is 5.48. The maximum atomic E-state index is 12.3. The van der Waals surface area contributed by atoms with Crippen LogP contribution in [0.3, 0.4) is 0 Å². The third-order valence-corrected chi connectivity index (χ3v) is 5.17. The van der Waals surface area contributed by atoms with Gasteiger partial charge >= 0.3 is 0 Å². The monoisotopic (exact) mass is 375 g/mol. The van der Waals surface area contributed by atoms with Gasteiger partial charge in [0, 0.05) is 38.2 Å². The van der Waals surface area contributed by atoms with E-state index in [9.17, 15) is 4.79 Å². The zero-order valence-electron chi connectivity index (χ0n) is 16.1. The van der Waals surface area contributed by atoms with Gasteiger partial charge in [0.05, 0.1) is 6.54 Å². The van der Waals surface area contributed by atoms with Gasteiger partial charge in [0.25, 0.3) is 5.91 Å². The van der Waals surface area contributed by atoms with Crippen LogP contribution < -0.4 is 5.32 Å². The molecular formula is C22H25N5O. The van der Waals surface area contributed by atoms with Gasteiger partial charge in [0.2, 0.25) is 0 Å². The summed E-state index contributed by atoms with van der Waals surface area (Å²) in [5.41, 5.74) is 3.27. The molecule has 1 aliphatic heterocycles. The van der Waals surface area contributed by atoms with E-state index in [-0.39, 0.29) is 5.91 Å². The molecule has 1 aliphatic rings. The fraction of sp³-hybridized carbons (Fsp3) is 0.318. The quantitative estimate of drug-likeness (QED) is 0.745. The fourth-order valence-corrected chi connectivity index (χ4v) is 3.52. The standard InChI is InChI=1S/C22H25N5O/c1-17-7-9-18(10-8-17)16-26-12-11-20-24-25-21(27(20)14-13-26)15-23-22(28)19-5-3-2-4-6-19/h2-10H,11-16H2,1H3,(H,23,28). The topological polar surface area (TPSA) is 63.1 Å². The van der Waals surface area contributed by atoms with E-state index in [4.69, 9.17) is 0 Å². The van der Waals surface area contributed by atoms with Gasteiger partial charge in [-0.2, -0.15) is 0 Å². The number of aromatic nitrogens is 3. The van der Waals surface area contributed by atoms with Gasteiger partial charge in [-0.25, -0.2) is 0 Å². The highest BCUT2D eigenvalue weighted by Crippen LogP contribution is 2.13. The van der Waals surface area contributed by atoms with E-state index in [1.165, 1.54) is 11.1 Å². The number of benzene rings is 2. The third-order valence-electron chi connectivity index (χ3n) is 5.17. The highest BCUT2D eigenvalue weighted by Gasteiger charge is 2.19. The molecule has 2 aromatic carbocycles. The lowest BCUT2D eigenvalue weighted by Crippen LogP contribution is -2.28. The number of hydrogen-bond donors (Lipinski definition) is 1. The molecule has 0 saturated heterocycles. The van der Waals surface area contributed by atoms with Crippen LogP contribution in [0.25, 0.3) is 0 Å². The summed E-state index contributed by atoms with van der Waals surface area (Å²) in [5.74, 6) is 1.72. The first-order valence-electron chi connectivity index (χ1n) is 9.71. The Labute approximate surface area is 165 Å². The van der Waals surface area contributed by atoms with E-state index in [0.717, 1.165) is 44.2 Å². The second-order valence-corrected chi connectivity index (χ2v) is 7.24. The Balaban J connectivity index is 1.37. The maximum Gasteiger partial charge on any atom is 0.251 e. The van der Waals surface area contributed by atoms with Crippen molar-refractivity contribution in [2.75, 3.05) is 13.1 Å². The van der Waals surface area contributed by atoms with Crippen LogP contribution in [0, 0.1) is 6.92 Å². The first-order valence-corrected chi connectivity index (χ1v) is 9.71.